The Morgan fingerprint density at radius 2 is 1.56 bits per heavy atom. The molecule has 0 aliphatic rings. The van der Waals surface area contributed by atoms with E-state index in [1.54, 1.807) is 0 Å². The maximum absolute atomic E-state index is 3.43. The van der Waals surface area contributed by atoms with Crippen LogP contribution in [0, 0.1) is 9.89 Å². The summed E-state index contributed by atoms with van der Waals surface area (Å²) in [5, 5.41) is 0. The van der Waals surface area contributed by atoms with Crippen molar-refractivity contribution in [1.82, 2.24) is 0 Å². The summed E-state index contributed by atoms with van der Waals surface area (Å²) < 4.78 is 5.80. The molecular weight excluding hydrogens is 376 g/mol. The van der Waals surface area contributed by atoms with Gasteiger partial charge in [0.2, 0.25) is 0 Å². The van der Waals surface area contributed by atoms with Crippen molar-refractivity contribution in [3.8, 4) is 9.89 Å². The molecule has 2 aromatic rings. The van der Waals surface area contributed by atoms with Gasteiger partial charge < -0.3 is 0 Å². The topological polar surface area (TPSA) is 0 Å². The molecule has 0 spiro atoms. The third-order valence-electron chi connectivity index (χ3n) is 1.95. The van der Waals surface area contributed by atoms with Gasteiger partial charge in [0.25, 0.3) is 0 Å². The van der Waals surface area contributed by atoms with E-state index < -0.39 is 0 Å². The van der Waals surface area contributed by atoms with Gasteiger partial charge >= 0.3 is 115 Å². The first-order chi connectivity index (χ1) is 7.84. The molecule has 78 valence electrons. The Labute approximate surface area is 114 Å². The van der Waals surface area contributed by atoms with Gasteiger partial charge in [0.1, 0.15) is 0 Å². The zero-order valence-corrected chi connectivity index (χ0v) is 12.4. The van der Waals surface area contributed by atoms with Gasteiger partial charge in [-0.3, -0.25) is 0 Å². The van der Waals surface area contributed by atoms with Gasteiger partial charge in [-0.25, -0.2) is 0 Å². The molecule has 0 amide bonds. The number of hydrogen-bond donors (Lipinski definition) is 0. The van der Waals surface area contributed by atoms with Crippen molar-refractivity contribution >= 4 is 40.5 Å². The van der Waals surface area contributed by atoms with E-state index in [4.69, 9.17) is 0 Å². The zero-order valence-electron chi connectivity index (χ0n) is 8.48. The van der Waals surface area contributed by atoms with Crippen LogP contribution in [0.25, 0.3) is 0 Å². The minimum atomic E-state index is -0.373. The summed E-state index contributed by atoms with van der Waals surface area (Å²) >= 11 is 3.06. The van der Waals surface area contributed by atoms with Crippen molar-refractivity contribution in [1.29, 1.82) is 0 Å². The summed E-state index contributed by atoms with van der Waals surface area (Å²) in [4.78, 5) is 0. The molecule has 0 N–H and O–H groups in total. The van der Waals surface area contributed by atoms with E-state index >= 15 is 0 Å². The Bertz CT molecular complexity index is 506. The van der Waals surface area contributed by atoms with E-state index in [0.717, 1.165) is 10.0 Å². The van der Waals surface area contributed by atoms with Crippen LogP contribution in [0.3, 0.4) is 0 Å². The van der Waals surface area contributed by atoms with Gasteiger partial charge in [-0.1, -0.05) is 0 Å². The Balaban J connectivity index is 2.03. The molecule has 0 radical (unpaired) electrons. The van der Waals surface area contributed by atoms with E-state index in [2.05, 4.69) is 50.1 Å². The van der Waals surface area contributed by atoms with E-state index in [1.165, 1.54) is 3.61 Å². The average molecular weight is 385 g/mol. The van der Waals surface area contributed by atoms with Crippen LogP contribution in [-0.2, 0) is 0 Å². The standard InChI is InChI=1S/C14H9BrTe/c15-13-6-8-14(9-7-13)16-11-10-12-4-2-1-3-5-12/h1-9H. The minimum absolute atomic E-state index is 0.373. The number of halogens is 1. The van der Waals surface area contributed by atoms with Crippen LogP contribution in [0.2, 0.25) is 0 Å². The van der Waals surface area contributed by atoms with Crippen molar-refractivity contribution in [2.45, 2.75) is 0 Å². The molecule has 16 heavy (non-hydrogen) atoms. The first-order valence-electron chi connectivity index (χ1n) is 4.83. The predicted molar refractivity (Wildman–Crippen MR) is 72.9 cm³/mol. The summed E-state index contributed by atoms with van der Waals surface area (Å²) in [6.07, 6.45) is 0. The maximum atomic E-state index is 3.43. The summed E-state index contributed by atoms with van der Waals surface area (Å²) in [5.41, 5.74) is 1.10. The normalized spacial score (nSPS) is 9.31. The van der Waals surface area contributed by atoms with E-state index in [1.807, 2.05) is 30.3 Å². The van der Waals surface area contributed by atoms with Crippen LogP contribution in [0.15, 0.2) is 59.1 Å². The van der Waals surface area contributed by atoms with Crippen LogP contribution in [0.1, 0.15) is 5.56 Å². The van der Waals surface area contributed by atoms with Crippen molar-refractivity contribution < 1.29 is 0 Å². The SMILES string of the molecule is Brc1ccc([Te]C#Cc2ccccc2)cc1. The van der Waals surface area contributed by atoms with Crippen LogP contribution < -0.4 is 3.61 Å². The monoisotopic (exact) mass is 386 g/mol. The molecule has 2 heteroatoms. The molecule has 0 heterocycles. The van der Waals surface area contributed by atoms with Crippen molar-refractivity contribution in [2.75, 3.05) is 0 Å². The summed E-state index contributed by atoms with van der Waals surface area (Å²) in [7, 11) is 0. The van der Waals surface area contributed by atoms with E-state index in [-0.39, 0.29) is 20.9 Å². The molecule has 0 saturated heterocycles. The fraction of sp³-hybridized carbons (Fsp3) is 0. The number of hydrogen-bond acceptors (Lipinski definition) is 0. The molecule has 0 nitrogen and oxygen atoms in total. The first kappa shape index (κ1) is 11.7. The average Bonchev–Trinajstić information content (AvgIpc) is 2.33. The third-order valence-corrected chi connectivity index (χ3v) is 4.51. The Morgan fingerprint density at radius 3 is 2.25 bits per heavy atom. The van der Waals surface area contributed by atoms with E-state index in [9.17, 15) is 0 Å². The quantitative estimate of drug-likeness (QED) is 0.524. The fourth-order valence-corrected chi connectivity index (χ4v) is 3.03. The van der Waals surface area contributed by atoms with Gasteiger partial charge in [-0.2, -0.15) is 0 Å². The van der Waals surface area contributed by atoms with Gasteiger partial charge in [-0.15, -0.1) is 0 Å². The van der Waals surface area contributed by atoms with Crippen molar-refractivity contribution in [3.05, 3.63) is 64.6 Å². The molecule has 0 fully saturated rings. The predicted octanol–water partition coefficient (Wildman–Crippen LogP) is 2.79. The van der Waals surface area contributed by atoms with Crippen LogP contribution in [0.5, 0.6) is 0 Å². The molecule has 0 aliphatic heterocycles. The molecule has 0 saturated carbocycles. The van der Waals surface area contributed by atoms with Crippen LogP contribution in [-0.4, -0.2) is 20.9 Å². The Morgan fingerprint density at radius 1 is 0.875 bits per heavy atom. The Hall–Kier alpha value is -0.730. The molecular formula is C14H9BrTe. The summed E-state index contributed by atoms with van der Waals surface area (Å²) in [6, 6.07) is 18.6. The van der Waals surface area contributed by atoms with Crippen LogP contribution >= 0.6 is 15.9 Å². The fourth-order valence-electron chi connectivity index (χ4n) is 1.17. The molecule has 0 atom stereocenters. The number of rotatable bonds is 1. The van der Waals surface area contributed by atoms with Crippen molar-refractivity contribution in [3.63, 3.8) is 0 Å². The van der Waals surface area contributed by atoms with Gasteiger partial charge in [0.15, 0.2) is 0 Å². The number of benzene rings is 2. The third kappa shape index (κ3) is 3.69. The first-order valence-corrected chi connectivity index (χ1v) is 7.95. The van der Waals surface area contributed by atoms with Crippen LogP contribution in [0.4, 0.5) is 0 Å². The van der Waals surface area contributed by atoms with Crippen molar-refractivity contribution in [2.24, 2.45) is 0 Å². The molecule has 2 aromatic carbocycles. The molecule has 0 aliphatic carbocycles. The van der Waals surface area contributed by atoms with E-state index in [0.29, 0.717) is 0 Å². The summed E-state index contributed by atoms with van der Waals surface area (Å²) in [6.45, 7) is 0. The summed E-state index contributed by atoms with van der Waals surface area (Å²) in [5.74, 6) is 3.20. The van der Waals surface area contributed by atoms with Gasteiger partial charge in [0.05, 0.1) is 0 Å². The molecule has 0 unspecified atom stereocenters. The second-order valence-electron chi connectivity index (χ2n) is 3.15. The zero-order chi connectivity index (χ0) is 11.2. The van der Waals surface area contributed by atoms with Gasteiger partial charge in [0, 0.05) is 0 Å². The van der Waals surface area contributed by atoms with Gasteiger partial charge in [-0.05, 0) is 0 Å². The Kier molecular flexibility index (Phi) is 4.49. The molecule has 0 bridgehead atoms. The molecule has 0 aromatic heterocycles. The second kappa shape index (κ2) is 6.12. The molecule has 2 rings (SSSR count). The second-order valence-corrected chi connectivity index (χ2v) is 6.58.